The Morgan fingerprint density at radius 2 is 2.12 bits per heavy atom. The highest BCUT2D eigenvalue weighted by Gasteiger charge is 2.53. The molecule has 0 aromatic heterocycles. The second-order valence-corrected chi connectivity index (χ2v) is 6.95. The lowest BCUT2D eigenvalue weighted by molar-refractivity contribution is -0.148. The average molecular weight is 234 g/mol. The summed E-state index contributed by atoms with van der Waals surface area (Å²) in [6.45, 7) is 3.76. The highest BCUT2D eigenvalue weighted by Crippen LogP contribution is 2.60. The van der Waals surface area contributed by atoms with Crippen molar-refractivity contribution in [1.82, 2.24) is 0 Å². The summed E-state index contributed by atoms with van der Waals surface area (Å²) >= 11 is 0. The summed E-state index contributed by atoms with van der Waals surface area (Å²) < 4.78 is 0. The van der Waals surface area contributed by atoms with Gasteiger partial charge in [0, 0.05) is 0 Å². The van der Waals surface area contributed by atoms with Crippen LogP contribution in [0.15, 0.2) is 12.2 Å². The van der Waals surface area contributed by atoms with Gasteiger partial charge in [-0.15, -0.1) is 0 Å². The Bertz CT molecular complexity index is 369. The van der Waals surface area contributed by atoms with E-state index in [1.165, 1.54) is 19.3 Å². The lowest BCUT2D eigenvalue weighted by Crippen LogP contribution is -2.32. The molecule has 0 radical (unpaired) electrons. The van der Waals surface area contributed by atoms with Gasteiger partial charge in [-0.1, -0.05) is 12.2 Å². The van der Waals surface area contributed by atoms with Crippen LogP contribution < -0.4 is 0 Å². The van der Waals surface area contributed by atoms with Crippen LogP contribution >= 0.6 is 0 Å². The number of carboxylic acids is 1. The lowest BCUT2D eigenvalue weighted by Gasteiger charge is -2.34. The molecule has 2 nitrogen and oxygen atoms in total. The van der Waals surface area contributed by atoms with E-state index >= 15 is 0 Å². The van der Waals surface area contributed by atoms with Crippen LogP contribution in [0.2, 0.25) is 0 Å². The molecule has 0 saturated heterocycles. The number of hydrogen-bond acceptors (Lipinski definition) is 1. The molecule has 94 valence electrons. The molecule has 17 heavy (non-hydrogen) atoms. The van der Waals surface area contributed by atoms with Gasteiger partial charge >= 0.3 is 5.97 Å². The van der Waals surface area contributed by atoms with E-state index in [1.54, 1.807) is 0 Å². The smallest absolute Gasteiger partial charge is 0.309 e. The van der Waals surface area contributed by atoms with Gasteiger partial charge < -0.3 is 5.11 Å². The van der Waals surface area contributed by atoms with Crippen LogP contribution in [-0.4, -0.2) is 11.1 Å². The van der Waals surface area contributed by atoms with Crippen molar-refractivity contribution < 1.29 is 9.90 Å². The van der Waals surface area contributed by atoms with Gasteiger partial charge in [0.15, 0.2) is 0 Å². The van der Waals surface area contributed by atoms with Crippen LogP contribution in [0, 0.1) is 35.0 Å². The number of carbonyl (C=O) groups is 1. The summed E-state index contributed by atoms with van der Waals surface area (Å²) in [6, 6.07) is 0. The number of aliphatic carboxylic acids is 1. The summed E-state index contributed by atoms with van der Waals surface area (Å²) in [6.07, 6.45) is 9.52. The maximum Gasteiger partial charge on any atom is 0.309 e. The number of hydrogen-bond donors (Lipinski definition) is 1. The van der Waals surface area contributed by atoms with Crippen LogP contribution in [-0.2, 0) is 4.79 Å². The van der Waals surface area contributed by atoms with Crippen molar-refractivity contribution >= 4 is 5.97 Å². The molecule has 3 aliphatic carbocycles. The molecule has 2 saturated carbocycles. The summed E-state index contributed by atoms with van der Waals surface area (Å²) in [5.74, 6) is 3.37. The third-order valence-corrected chi connectivity index (χ3v) is 5.49. The van der Waals surface area contributed by atoms with Gasteiger partial charge in [-0.3, -0.25) is 4.79 Å². The highest BCUT2D eigenvalue weighted by molar-refractivity contribution is 5.73. The van der Waals surface area contributed by atoms with Crippen molar-refractivity contribution in [3.63, 3.8) is 0 Å². The second kappa shape index (κ2) is 3.60. The molecule has 3 aliphatic rings. The number of rotatable bonds is 3. The van der Waals surface area contributed by atoms with E-state index in [2.05, 4.69) is 12.2 Å². The SMILES string of the molecule is CC(C)(C[C@@H]1CC2CC1[C@@H]1CC=C[C@@H]21)C(=O)O. The van der Waals surface area contributed by atoms with Gasteiger partial charge in [-0.05, 0) is 69.1 Å². The number of allylic oxidation sites excluding steroid dienone is 2. The van der Waals surface area contributed by atoms with Crippen LogP contribution in [0.3, 0.4) is 0 Å². The van der Waals surface area contributed by atoms with Crippen LogP contribution in [0.4, 0.5) is 0 Å². The normalized spacial score (nSPS) is 43.1. The van der Waals surface area contributed by atoms with Crippen molar-refractivity contribution in [2.75, 3.05) is 0 Å². The first kappa shape index (κ1) is 11.3. The molecule has 5 atom stereocenters. The molecule has 2 heteroatoms. The fourth-order valence-corrected chi connectivity index (χ4v) is 4.68. The molecule has 0 spiro atoms. The number of carboxylic acid groups (broad SMARTS) is 1. The minimum atomic E-state index is -0.638. The highest BCUT2D eigenvalue weighted by atomic mass is 16.4. The molecule has 0 amide bonds. The van der Waals surface area contributed by atoms with Crippen molar-refractivity contribution in [2.24, 2.45) is 35.0 Å². The fourth-order valence-electron chi connectivity index (χ4n) is 4.68. The predicted molar refractivity (Wildman–Crippen MR) is 66.5 cm³/mol. The Morgan fingerprint density at radius 1 is 1.35 bits per heavy atom. The Hall–Kier alpha value is -0.790. The monoisotopic (exact) mass is 234 g/mol. The van der Waals surface area contributed by atoms with Crippen molar-refractivity contribution in [2.45, 2.75) is 39.5 Å². The Morgan fingerprint density at radius 3 is 2.82 bits per heavy atom. The zero-order valence-corrected chi connectivity index (χ0v) is 10.7. The van der Waals surface area contributed by atoms with Crippen molar-refractivity contribution in [3.8, 4) is 0 Å². The topological polar surface area (TPSA) is 37.3 Å². The maximum absolute atomic E-state index is 11.2. The van der Waals surface area contributed by atoms with Gasteiger partial charge in [-0.25, -0.2) is 0 Å². The van der Waals surface area contributed by atoms with E-state index in [9.17, 15) is 9.90 Å². The molecule has 0 aromatic rings. The standard InChI is InChI=1S/C15H22O2/c1-15(2,14(16)17)8-10-6-9-7-13(10)12-5-3-4-11(9)12/h3-4,9-13H,5-8H2,1-2H3,(H,16,17)/t9?,10-,11-,12+,13?/m0/s1. The molecule has 1 N–H and O–H groups in total. The molecule has 0 heterocycles. The van der Waals surface area contributed by atoms with Gasteiger partial charge in [0.05, 0.1) is 5.41 Å². The summed E-state index contributed by atoms with van der Waals surface area (Å²) in [7, 11) is 0. The first-order valence-electron chi connectivity index (χ1n) is 6.89. The molecule has 0 aromatic carbocycles. The molecule has 2 bridgehead atoms. The van der Waals surface area contributed by atoms with Gasteiger partial charge in [-0.2, -0.15) is 0 Å². The fraction of sp³-hybridized carbons (Fsp3) is 0.800. The summed E-state index contributed by atoms with van der Waals surface area (Å²) in [5.41, 5.74) is -0.545. The zero-order valence-electron chi connectivity index (χ0n) is 10.7. The van der Waals surface area contributed by atoms with Crippen LogP contribution in [0.25, 0.3) is 0 Å². The first-order valence-corrected chi connectivity index (χ1v) is 6.89. The van der Waals surface area contributed by atoms with Gasteiger partial charge in [0.25, 0.3) is 0 Å². The Labute approximate surface area is 103 Å². The zero-order chi connectivity index (χ0) is 12.2. The average Bonchev–Trinajstić information content (AvgIpc) is 2.84. The van der Waals surface area contributed by atoms with E-state index in [-0.39, 0.29) is 0 Å². The predicted octanol–water partition coefficient (Wildman–Crippen LogP) is 3.34. The molecular weight excluding hydrogens is 212 g/mol. The van der Waals surface area contributed by atoms with E-state index in [4.69, 9.17) is 0 Å². The van der Waals surface area contributed by atoms with Crippen molar-refractivity contribution in [1.29, 1.82) is 0 Å². The van der Waals surface area contributed by atoms with Crippen LogP contribution in [0.1, 0.15) is 39.5 Å². The minimum Gasteiger partial charge on any atom is -0.481 e. The third-order valence-electron chi connectivity index (χ3n) is 5.49. The molecule has 3 rings (SSSR count). The third kappa shape index (κ3) is 1.64. The van der Waals surface area contributed by atoms with E-state index in [0.717, 1.165) is 30.1 Å². The van der Waals surface area contributed by atoms with E-state index in [0.29, 0.717) is 5.92 Å². The molecule has 0 aliphatic heterocycles. The summed E-state index contributed by atoms with van der Waals surface area (Å²) in [4.78, 5) is 11.2. The van der Waals surface area contributed by atoms with Gasteiger partial charge in [0.1, 0.15) is 0 Å². The second-order valence-electron chi connectivity index (χ2n) is 6.95. The Kier molecular flexibility index (Phi) is 2.39. The maximum atomic E-state index is 11.2. The van der Waals surface area contributed by atoms with E-state index in [1.807, 2.05) is 13.8 Å². The van der Waals surface area contributed by atoms with Crippen molar-refractivity contribution in [3.05, 3.63) is 12.2 Å². The molecule has 2 fully saturated rings. The van der Waals surface area contributed by atoms with E-state index < -0.39 is 11.4 Å². The molecular formula is C15H22O2. The molecule has 2 unspecified atom stereocenters. The largest absolute Gasteiger partial charge is 0.481 e. The van der Waals surface area contributed by atoms with Crippen LogP contribution in [0.5, 0.6) is 0 Å². The minimum absolute atomic E-state index is 0.545. The quantitative estimate of drug-likeness (QED) is 0.760. The number of fused-ring (bicyclic) bond motifs is 5. The first-order chi connectivity index (χ1) is 7.99. The Balaban J connectivity index is 1.71. The summed E-state index contributed by atoms with van der Waals surface area (Å²) in [5, 5.41) is 9.25. The lowest BCUT2D eigenvalue weighted by atomic mass is 9.70. The van der Waals surface area contributed by atoms with Gasteiger partial charge in [0.2, 0.25) is 0 Å².